The van der Waals surface area contributed by atoms with E-state index < -0.39 is 0 Å². The van der Waals surface area contributed by atoms with Crippen molar-refractivity contribution in [3.63, 3.8) is 0 Å². The summed E-state index contributed by atoms with van der Waals surface area (Å²) in [7, 11) is 1.80. The molecule has 2 aromatic rings. The van der Waals surface area contributed by atoms with Crippen LogP contribution in [-0.2, 0) is 6.54 Å². The molecule has 2 heterocycles. The van der Waals surface area contributed by atoms with Gasteiger partial charge in [-0.25, -0.2) is 9.97 Å². The number of pyridine rings is 1. The molecule has 1 saturated carbocycles. The summed E-state index contributed by atoms with van der Waals surface area (Å²) in [5, 5.41) is 6.75. The van der Waals surface area contributed by atoms with Crippen molar-refractivity contribution < 1.29 is 0 Å². The first kappa shape index (κ1) is 17.7. The summed E-state index contributed by atoms with van der Waals surface area (Å²) in [5.41, 5.74) is 1.10. The molecule has 1 aliphatic rings. The molecule has 124 valence electrons. The van der Waals surface area contributed by atoms with Crippen molar-refractivity contribution in [1.29, 1.82) is 0 Å². The van der Waals surface area contributed by atoms with Crippen molar-refractivity contribution in [2.45, 2.75) is 25.8 Å². The van der Waals surface area contributed by atoms with E-state index in [1.165, 1.54) is 19.3 Å². The van der Waals surface area contributed by atoms with Crippen LogP contribution in [0.3, 0.4) is 0 Å². The maximum Gasteiger partial charge on any atom is 0.191 e. The second-order valence-electron chi connectivity index (χ2n) is 5.56. The molecule has 1 aliphatic carbocycles. The second kappa shape index (κ2) is 8.85. The summed E-state index contributed by atoms with van der Waals surface area (Å²) in [4.78, 5) is 12.8. The Balaban J connectivity index is 0.00000192. The summed E-state index contributed by atoms with van der Waals surface area (Å²) in [5.74, 6) is 2.53. The third kappa shape index (κ3) is 4.66. The van der Waals surface area contributed by atoms with Crippen LogP contribution in [0.4, 0.5) is 0 Å². The van der Waals surface area contributed by atoms with Crippen molar-refractivity contribution in [3.8, 4) is 5.82 Å². The summed E-state index contributed by atoms with van der Waals surface area (Å²) < 4.78 is 1.92. The minimum atomic E-state index is 0. The van der Waals surface area contributed by atoms with Crippen LogP contribution >= 0.6 is 24.0 Å². The van der Waals surface area contributed by atoms with E-state index in [9.17, 15) is 0 Å². The van der Waals surface area contributed by atoms with Gasteiger partial charge in [-0.2, -0.15) is 0 Å². The van der Waals surface area contributed by atoms with Crippen LogP contribution in [0.1, 0.15) is 24.8 Å². The zero-order valence-electron chi connectivity index (χ0n) is 13.3. The average molecular weight is 426 g/mol. The second-order valence-corrected chi connectivity index (χ2v) is 5.56. The number of aliphatic imine (C=N–C) groups is 1. The third-order valence-electron chi connectivity index (χ3n) is 4.07. The van der Waals surface area contributed by atoms with Crippen molar-refractivity contribution >= 4 is 29.9 Å². The molecule has 2 N–H and O–H groups in total. The molecule has 0 bridgehead atoms. The minimum Gasteiger partial charge on any atom is -0.356 e. The van der Waals surface area contributed by atoms with Gasteiger partial charge in [0.2, 0.25) is 0 Å². The van der Waals surface area contributed by atoms with Gasteiger partial charge < -0.3 is 10.6 Å². The van der Waals surface area contributed by atoms with Gasteiger partial charge in [0.05, 0.1) is 0 Å². The Hall–Kier alpha value is -1.64. The van der Waals surface area contributed by atoms with Gasteiger partial charge in [-0.15, -0.1) is 24.0 Å². The number of hydrogen-bond donors (Lipinski definition) is 2. The molecule has 6 nitrogen and oxygen atoms in total. The molecule has 0 radical (unpaired) electrons. The zero-order chi connectivity index (χ0) is 15.2. The maximum atomic E-state index is 4.44. The van der Waals surface area contributed by atoms with Crippen LogP contribution in [0.15, 0.2) is 42.0 Å². The van der Waals surface area contributed by atoms with E-state index >= 15 is 0 Å². The number of rotatable bonds is 5. The molecule has 3 rings (SSSR count). The maximum absolute atomic E-state index is 4.44. The summed E-state index contributed by atoms with van der Waals surface area (Å²) in [6.45, 7) is 1.67. The van der Waals surface area contributed by atoms with Gasteiger partial charge in [0.15, 0.2) is 5.96 Å². The molecule has 1 fully saturated rings. The normalized spacial score (nSPS) is 14.7. The van der Waals surface area contributed by atoms with Crippen molar-refractivity contribution in [2.24, 2.45) is 10.9 Å². The third-order valence-corrected chi connectivity index (χ3v) is 4.07. The smallest absolute Gasteiger partial charge is 0.191 e. The highest BCUT2D eigenvalue weighted by Gasteiger charge is 2.17. The van der Waals surface area contributed by atoms with E-state index in [4.69, 9.17) is 0 Å². The van der Waals surface area contributed by atoms with Crippen LogP contribution in [0.2, 0.25) is 0 Å². The number of hydrogen-bond acceptors (Lipinski definition) is 3. The Labute approximate surface area is 153 Å². The first-order chi connectivity index (χ1) is 10.9. The molecule has 0 amide bonds. The molecule has 0 spiro atoms. The Kier molecular flexibility index (Phi) is 6.82. The Morgan fingerprint density at radius 2 is 2.22 bits per heavy atom. The lowest BCUT2D eigenvalue weighted by Crippen LogP contribution is -2.40. The average Bonchev–Trinajstić information content (AvgIpc) is 3.03. The van der Waals surface area contributed by atoms with E-state index in [-0.39, 0.29) is 24.0 Å². The molecule has 2 aromatic heterocycles. The number of nitrogens with zero attached hydrogens (tertiary/aromatic N) is 4. The largest absolute Gasteiger partial charge is 0.356 e. The Morgan fingerprint density at radius 1 is 1.35 bits per heavy atom. The zero-order valence-corrected chi connectivity index (χ0v) is 15.6. The molecule has 0 unspecified atom stereocenters. The molecular weight excluding hydrogens is 403 g/mol. The predicted molar refractivity (Wildman–Crippen MR) is 102 cm³/mol. The number of nitrogens with one attached hydrogen (secondary N) is 2. The highest BCUT2D eigenvalue weighted by atomic mass is 127. The highest BCUT2D eigenvalue weighted by molar-refractivity contribution is 14.0. The lowest BCUT2D eigenvalue weighted by molar-refractivity contribution is 0.314. The molecule has 0 aliphatic heterocycles. The van der Waals surface area contributed by atoms with Gasteiger partial charge >= 0.3 is 0 Å². The molecule has 23 heavy (non-hydrogen) atoms. The Morgan fingerprint density at radius 3 is 2.87 bits per heavy atom. The molecule has 0 saturated heterocycles. The van der Waals surface area contributed by atoms with Crippen molar-refractivity contribution in [3.05, 3.63) is 42.6 Å². The number of guanidine groups is 1. The van der Waals surface area contributed by atoms with E-state index in [1.54, 1.807) is 25.8 Å². The fraction of sp³-hybridized carbons (Fsp3) is 0.438. The first-order valence-corrected chi connectivity index (χ1v) is 7.73. The topological polar surface area (TPSA) is 67.1 Å². The van der Waals surface area contributed by atoms with E-state index in [2.05, 4.69) is 31.7 Å². The molecular formula is C16H23IN6. The van der Waals surface area contributed by atoms with Gasteiger partial charge in [-0.05, 0) is 24.8 Å². The first-order valence-electron chi connectivity index (χ1n) is 7.73. The number of imidazole rings is 1. The summed E-state index contributed by atoms with van der Waals surface area (Å²) in [6.07, 6.45) is 11.2. The van der Waals surface area contributed by atoms with Gasteiger partial charge in [-0.1, -0.05) is 12.5 Å². The number of aromatic nitrogens is 3. The number of halogens is 1. The van der Waals surface area contributed by atoms with Crippen molar-refractivity contribution in [2.75, 3.05) is 13.6 Å². The SMILES string of the molecule is CN=C(NCc1cccnc1-n1ccnc1)NCC1CCC1.I. The Bertz CT molecular complexity index is 621. The fourth-order valence-corrected chi connectivity index (χ4v) is 2.52. The van der Waals surface area contributed by atoms with Gasteiger partial charge in [0.25, 0.3) is 0 Å². The van der Waals surface area contributed by atoms with Crippen molar-refractivity contribution in [1.82, 2.24) is 25.2 Å². The summed E-state index contributed by atoms with van der Waals surface area (Å²) >= 11 is 0. The van der Waals surface area contributed by atoms with Crippen LogP contribution in [-0.4, -0.2) is 34.1 Å². The van der Waals surface area contributed by atoms with E-state index in [1.807, 2.05) is 16.8 Å². The van der Waals surface area contributed by atoms with Crippen LogP contribution in [0.25, 0.3) is 5.82 Å². The van der Waals surface area contributed by atoms with Gasteiger partial charge in [0.1, 0.15) is 12.1 Å². The molecule has 0 atom stereocenters. The molecule has 7 heteroatoms. The quantitative estimate of drug-likeness (QED) is 0.438. The lowest BCUT2D eigenvalue weighted by Gasteiger charge is -2.26. The van der Waals surface area contributed by atoms with E-state index in [0.29, 0.717) is 6.54 Å². The lowest BCUT2D eigenvalue weighted by atomic mass is 9.85. The standard InChI is InChI=1S/C16H22N6.HI/c1-17-16(20-10-13-4-2-5-13)21-11-14-6-3-7-19-15(14)22-9-8-18-12-22;/h3,6-9,12-13H,2,4-5,10-11H2,1H3,(H2,17,20,21);1H. The fourth-order valence-electron chi connectivity index (χ4n) is 2.52. The van der Waals surface area contributed by atoms with E-state index in [0.717, 1.165) is 29.8 Å². The summed E-state index contributed by atoms with van der Waals surface area (Å²) in [6, 6.07) is 4.01. The highest BCUT2D eigenvalue weighted by Crippen LogP contribution is 2.25. The van der Waals surface area contributed by atoms with Gasteiger partial charge in [-0.3, -0.25) is 9.56 Å². The predicted octanol–water partition coefficient (Wildman–Crippen LogP) is 2.35. The van der Waals surface area contributed by atoms with Crippen LogP contribution in [0.5, 0.6) is 0 Å². The van der Waals surface area contributed by atoms with Crippen LogP contribution < -0.4 is 10.6 Å². The molecule has 0 aromatic carbocycles. The van der Waals surface area contributed by atoms with Gasteiger partial charge in [0, 0.05) is 44.3 Å². The van der Waals surface area contributed by atoms with Crippen LogP contribution in [0, 0.1) is 5.92 Å². The minimum absolute atomic E-state index is 0. The monoisotopic (exact) mass is 426 g/mol.